The van der Waals surface area contributed by atoms with E-state index in [2.05, 4.69) is 4.98 Å². The van der Waals surface area contributed by atoms with Crippen molar-refractivity contribution in [1.82, 2.24) is 4.98 Å². The predicted molar refractivity (Wildman–Crippen MR) is 99.3 cm³/mol. The quantitative estimate of drug-likeness (QED) is 0.638. The summed E-state index contributed by atoms with van der Waals surface area (Å²) in [6.07, 6.45) is 1.80. The fraction of sp³-hybridized carbons (Fsp3) is 0.158. The van der Waals surface area contributed by atoms with Crippen LogP contribution < -0.4 is 4.74 Å². The average Bonchev–Trinajstić information content (AvgIpc) is 3.29. The Kier molecular flexibility index (Phi) is 4.38. The Morgan fingerprint density at radius 1 is 1.24 bits per heavy atom. The standard InChI is InChI=1S/C19H15NO3S2/c1-22-19(21)13-9-10-23-17-16(15(13)14-8-5-11-24-14)25-18(20-17)12-6-3-2-4-7-12/h2-9,11,15H,10H2,1H3. The first-order valence-corrected chi connectivity index (χ1v) is 9.48. The average molecular weight is 369 g/mol. The van der Waals surface area contributed by atoms with Crippen molar-refractivity contribution in [2.24, 2.45) is 0 Å². The molecule has 2 aromatic heterocycles. The van der Waals surface area contributed by atoms with Crippen molar-refractivity contribution in [3.05, 3.63) is 69.2 Å². The highest BCUT2D eigenvalue weighted by Gasteiger charge is 2.33. The summed E-state index contributed by atoms with van der Waals surface area (Å²) in [6, 6.07) is 14.0. The van der Waals surface area contributed by atoms with Crippen LogP contribution in [0.4, 0.5) is 0 Å². The molecule has 4 nitrogen and oxygen atoms in total. The molecule has 0 bridgehead atoms. The maximum absolute atomic E-state index is 12.4. The zero-order chi connectivity index (χ0) is 17.2. The van der Waals surface area contributed by atoms with Crippen molar-refractivity contribution in [3.63, 3.8) is 0 Å². The Morgan fingerprint density at radius 2 is 2.08 bits per heavy atom. The molecule has 126 valence electrons. The molecule has 0 amide bonds. The first kappa shape index (κ1) is 16.1. The summed E-state index contributed by atoms with van der Waals surface area (Å²) in [5.41, 5.74) is 1.64. The highest BCUT2D eigenvalue weighted by Crippen LogP contribution is 2.46. The number of thiazole rings is 1. The van der Waals surface area contributed by atoms with Gasteiger partial charge in [0.1, 0.15) is 11.6 Å². The Bertz CT molecular complexity index is 914. The third kappa shape index (κ3) is 2.99. The Morgan fingerprint density at radius 3 is 2.80 bits per heavy atom. The summed E-state index contributed by atoms with van der Waals surface area (Å²) in [4.78, 5) is 19.0. The Labute approximate surface area is 153 Å². The molecule has 1 aromatic carbocycles. The van der Waals surface area contributed by atoms with E-state index < -0.39 is 0 Å². The van der Waals surface area contributed by atoms with Gasteiger partial charge in [0.05, 0.1) is 23.5 Å². The molecule has 1 aliphatic rings. The first-order chi connectivity index (χ1) is 12.3. The second-order valence-electron chi connectivity index (χ2n) is 5.46. The summed E-state index contributed by atoms with van der Waals surface area (Å²) in [7, 11) is 1.41. The Balaban J connectivity index is 1.86. The van der Waals surface area contributed by atoms with E-state index in [1.165, 1.54) is 7.11 Å². The third-order valence-electron chi connectivity index (χ3n) is 3.99. The monoisotopic (exact) mass is 369 g/mol. The molecule has 0 aliphatic carbocycles. The number of thiophene rings is 1. The molecule has 25 heavy (non-hydrogen) atoms. The SMILES string of the molecule is COC(=O)C1=CCOc2nc(-c3ccccc3)sc2C1c1cccs1. The lowest BCUT2D eigenvalue weighted by atomic mass is 9.95. The summed E-state index contributed by atoms with van der Waals surface area (Å²) in [5.74, 6) is 0.0572. The molecule has 6 heteroatoms. The minimum atomic E-state index is -0.329. The molecule has 0 N–H and O–H groups in total. The van der Waals surface area contributed by atoms with Crippen LogP contribution >= 0.6 is 22.7 Å². The van der Waals surface area contributed by atoms with Crippen molar-refractivity contribution in [2.75, 3.05) is 13.7 Å². The van der Waals surface area contributed by atoms with E-state index in [-0.39, 0.29) is 11.9 Å². The van der Waals surface area contributed by atoms with E-state index in [0.29, 0.717) is 18.1 Å². The normalized spacial score (nSPS) is 16.4. The van der Waals surface area contributed by atoms with E-state index in [1.807, 2.05) is 47.8 Å². The van der Waals surface area contributed by atoms with Gasteiger partial charge in [0.2, 0.25) is 5.88 Å². The fourth-order valence-corrected chi connectivity index (χ4v) is 4.92. The molecule has 3 heterocycles. The molecule has 1 unspecified atom stereocenters. The molecular weight excluding hydrogens is 354 g/mol. The lowest BCUT2D eigenvalue weighted by Gasteiger charge is -2.14. The number of hydrogen-bond donors (Lipinski definition) is 0. The number of benzene rings is 1. The molecule has 1 atom stereocenters. The maximum atomic E-state index is 12.4. The van der Waals surface area contributed by atoms with E-state index in [9.17, 15) is 4.79 Å². The number of carbonyl (C=O) groups excluding carboxylic acids is 1. The van der Waals surface area contributed by atoms with Gasteiger partial charge < -0.3 is 9.47 Å². The number of ether oxygens (including phenoxy) is 2. The molecule has 0 saturated heterocycles. The van der Waals surface area contributed by atoms with Crippen LogP contribution in [0.2, 0.25) is 0 Å². The van der Waals surface area contributed by atoms with Crippen LogP contribution in [0.1, 0.15) is 15.7 Å². The van der Waals surface area contributed by atoms with Gasteiger partial charge in [-0.15, -0.1) is 22.7 Å². The molecule has 0 fully saturated rings. The minimum absolute atomic E-state index is 0.208. The molecule has 1 aliphatic heterocycles. The van der Waals surface area contributed by atoms with Crippen LogP contribution in [0.25, 0.3) is 10.6 Å². The number of fused-ring (bicyclic) bond motifs is 1. The smallest absolute Gasteiger partial charge is 0.334 e. The van der Waals surface area contributed by atoms with Crippen LogP contribution in [0, 0.1) is 0 Å². The summed E-state index contributed by atoms with van der Waals surface area (Å²) in [5, 5.41) is 2.90. The fourth-order valence-electron chi connectivity index (χ4n) is 2.83. The third-order valence-corrected chi connectivity index (χ3v) is 6.07. The number of hydrogen-bond acceptors (Lipinski definition) is 6. The van der Waals surface area contributed by atoms with Gasteiger partial charge in [0.25, 0.3) is 0 Å². The number of methoxy groups -OCH3 is 1. The van der Waals surface area contributed by atoms with E-state index in [1.54, 1.807) is 28.7 Å². The zero-order valence-corrected chi connectivity index (χ0v) is 15.1. The second kappa shape index (κ2) is 6.82. The van der Waals surface area contributed by atoms with Crippen molar-refractivity contribution >= 4 is 28.6 Å². The maximum Gasteiger partial charge on any atom is 0.334 e. The molecule has 0 radical (unpaired) electrons. The first-order valence-electron chi connectivity index (χ1n) is 7.78. The summed E-state index contributed by atoms with van der Waals surface area (Å²) in [6.45, 7) is 0.303. The van der Waals surface area contributed by atoms with E-state index in [4.69, 9.17) is 9.47 Å². The predicted octanol–water partition coefficient (Wildman–Crippen LogP) is 4.50. The van der Waals surface area contributed by atoms with Gasteiger partial charge in [-0.1, -0.05) is 36.4 Å². The molecule has 0 saturated carbocycles. The topological polar surface area (TPSA) is 48.4 Å². The van der Waals surface area contributed by atoms with Crippen molar-refractivity contribution < 1.29 is 14.3 Å². The number of esters is 1. The number of nitrogens with zero attached hydrogens (tertiary/aromatic N) is 1. The number of carbonyl (C=O) groups is 1. The van der Waals surface area contributed by atoms with Crippen LogP contribution in [-0.4, -0.2) is 24.7 Å². The Hall–Kier alpha value is -2.44. The number of aromatic nitrogens is 1. The lowest BCUT2D eigenvalue weighted by Crippen LogP contribution is -2.12. The summed E-state index contributed by atoms with van der Waals surface area (Å²) < 4.78 is 10.8. The van der Waals surface area contributed by atoms with Gasteiger partial charge in [-0.05, 0) is 17.5 Å². The van der Waals surface area contributed by atoms with Gasteiger partial charge >= 0.3 is 5.97 Å². The zero-order valence-electron chi connectivity index (χ0n) is 13.5. The van der Waals surface area contributed by atoms with Gasteiger partial charge in [0.15, 0.2) is 0 Å². The second-order valence-corrected chi connectivity index (χ2v) is 7.47. The van der Waals surface area contributed by atoms with E-state index in [0.717, 1.165) is 20.3 Å². The van der Waals surface area contributed by atoms with Crippen molar-refractivity contribution in [1.29, 1.82) is 0 Å². The van der Waals surface area contributed by atoms with Crippen molar-refractivity contribution in [3.8, 4) is 16.5 Å². The lowest BCUT2D eigenvalue weighted by molar-refractivity contribution is -0.136. The van der Waals surface area contributed by atoms with Crippen LogP contribution in [0.3, 0.4) is 0 Å². The number of rotatable bonds is 3. The molecule has 4 rings (SSSR count). The molecule has 3 aromatic rings. The van der Waals surface area contributed by atoms with Gasteiger partial charge in [-0.3, -0.25) is 0 Å². The van der Waals surface area contributed by atoms with Crippen molar-refractivity contribution in [2.45, 2.75) is 5.92 Å². The molecule has 0 spiro atoms. The highest BCUT2D eigenvalue weighted by molar-refractivity contribution is 7.16. The van der Waals surface area contributed by atoms with Gasteiger partial charge in [-0.25, -0.2) is 9.78 Å². The van der Waals surface area contributed by atoms with Crippen LogP contribution in [0.15, 0.2) is 59.5 Å². The van der Waals surface area contributed by atoms with E-state index >= 15 is 0 Å². The van der Waals surface area contributed by atoms with Gasteiger partial charge in [-0.2, -0.15) is 0 Å². The van der Waals surface area contributed by atoms with Gasteiger partial charge in [0, 0.05) is 10.4 Å². The minimum Gasteiger partial charge on any atom is -0.473 e. The van der Waals surface area contributed by atoms with Crippen LogP contribution in [0.5, 0.6) is 5.88 Å². The highest BCUT2D eigenvalue weighted by atomic mass is 32.1. The largest absolute Gasteiger partial charge is 0.473 e. The molecular formula is C19H15NO3S2. The van der Waals surface area contributed by atoms with Crippen LogP contribution in [-0.2, 0) is 9.53 Å². The summed E-state index contributed by atoms with van der Waals surface area (Å²) >= 11 is 3.18.